The van der Waals surface area contributed by atoms with Crippen molar-refractivity contribution in [3.63, 3.8) is 0 Å². The molecule has 1 aliphatic rings. The van der Waals surface area contributed by atoms with E-state index in [9.17, 15) is 9.59 Å². The minimum Gasteiger partial charge on any atom is -0.493 e. The highest BCUT2D eigenvalue weighted by molar-refractivity contribution is 5.78. The average Bonchev–Trinajstić information content (AvgIpc) is 2.61. The number of likely N-dealkylation sites (N-methyl/N-ethyl adjacent to an activating group) is 1. The van der Waals surface area contributed by atoms with Crippen LogP contribution in [0.2, 0.25) is 0 Å². The Labute approximate surface area is 148 Å². The number of ether oxygens (including phenoxy) is 2. The van der Waals surface area contributed by atoms with E-state index in [2.05, 4.69) is 17.3 Å². The van der Waals surface area contributed by atoms with Crippen LogP contribution < -0.4 is 14.8 Å². The van der Waals surface area contributed by atoms with Gasteiger partial charge >= 0.3 is 0 Å². The van der Waals surface area contributed by atoms with Crippen molar-refractivity contribution in [1.29, 1.82) is 0 Å². The fourth-order valence-corrected chi connectivity index (χ4v) is 3.02. The number of carbonyl (C=O) groups is 2. The number of hydrogen-bond acceptors (Lipinski definition) is 5. The number of benzene rings is 1. The smallest absolute Gasteiger partial charge is 0.224 e. The first-order valence-electron chi connectivity index (χ1n) is 8.40. The molecule has 1 N–H and O–H groups in total. The molecule has 25 heavy (non-hydrogen) atoms. The maximum atomic E-state index is 12.4. The number of nitrogens with zero attached hydrogens (tertiary/aromatic N) is 2. The lowest BCUT2D eigenvalue weighted by Gasteiger charge is -2.40. The summed E-state index contributed by atoms with van der Waals surface area (Å²) in [5.41, 5.74) is 1.08. The van der Waals surface area contributed by atoms with Crippen LogP contribution in [0.3, 0.4) is 0 Å². The van der Waals surface area contributed by atoms with Gasteiger partial charge < -0.3 is 19.7 Å². The van der Waals surface area contributed by atoms with Crippen LogP contribution in [-0.4, -0.2) is 69.1 Å². The molecule has 1 atom stereocenters. The Kier molecular flexibility index (Phi) is 6.64. The summed E-state index contributed by atoms with van der Waals surface area (Å²) in [5.74, 6) is 1.32. The molecule has 1 aliphatic heterocycles. The largest absolute Gasteiger partial charge is 0.493 e. The third-order valence-electron chi connectivity index (χ3n) is 4.51. The van der Waals surface area contributed by atoms with Gasteiger partial charge in [-0.25, -0.2) is 0 Å². The number of carbonyl (C=O) groups excluding carboxylic acids is 2. The monoisotopic (exact) mass is 349 g/mol. The Morgan fingerprint density at radius 3 is 2.56 bits per heavy atom. The topological polar surface area (TPSA) is 71.1 Å². The molecular weight excluding hydrogens is 322 g/mol. The molecule has 2 amide bonds. The minimum atomic E-state index is -0.116. The van der Waals surface area contributed by atoms with E-state index in [4.69, 9.17) is 9.47 Å². The van der Waals surface area contributed by atoms with Gasteiger partial charge in [0.1, 0.15) is 0 Å². The van der Waals surface area contributed by atoms with Crippen molar-refractivity contribution in [2.45, 2.75) is 19.4 Å². The number of methoxy groups -OCH3 is 2. The predicted molar refractivity (Wildman–Crippen MR) is 94.8 cm³/mol. The Morgan fingerprint density at radius 2 is 1.92 bits per heavy atom. The summed E-state index contributed by atoms with van der Waals surface area (Å²) in [6.07, 6.45) is 0.321. The van der Waals surface area contributed by atoms with Crippen molar-refractivity contribution >= 4 is 11.8 Å². The van der Waals surface area contributed by atoms with Crippen LogP contribution in [0.15, 0.2) is 18.2 Å². The van der Waals surface area contributed by atoms with E-state index in [0.717, 1.165) is 12.1 Å². The van der Waals surface area contributed by atoms with Gasteiger partial charge in [0.15, 0.2) is 11.5 Å². The van der Waals surface area contributed by atoms with Gasteiger partial charge in [-0.15, -0.1) is 0 Å². The number of nitrogens with one attached hydrogen (secondary N) is 1. The lowest BCUT2D eigenvalue weighted by molar-refractivity contribution is -0.134. The summed E-state index contributed by atoms with van der Waals surface area (Å²) in [4.78, 5) is 27.4. The Morgan fingerprint density at radius 1 is 1.20 bits per heavy atom. The van der Waals surface area contributed by atoms with Crippen LogP contribution in [0.25, 0.3) is 0 Å². The van der Waals surface area contributed by atoms with Gasteiger partial charge in [0, 0.05) is 39.5 Å². The Hall–Kier alpha value is -2.28. The predicted octanol–water partition coefficient (Wildman–Crippen LogP) is 1.05. The van der Waals surface area contributed by atoms with Crippen LogP contribution in [0.1, 0.15) is 24.9 Å². The zero-order chi connectivity index (χ0) is 18.4. The van der Waals surface area contributed by atoms with E-state index in [1.807, 2.05) is 23.1 Å². The zero-order valence-electron chi connectivity index (χ0n) is 15.4. The molecule has 0 saturated carbocycles. The van der Waals surface area contributed by atoms with Crippen LogP contribution >= 0.6 is 0 Å². The summed E-state index contributed by atoms with van der Waals surface area (Å²) >= 11 is 0. The molecule has 1 unspecified atom stereocenters. The molecule has 0 radical (unpaired) electrons. The van der Waals surface area contributed by atoms with Crippen molar-refractivity contribution < 1.29 is 19.1 Å². The fraction of sp³-hybridized carbons (Fsp3) is 0.556. The van der Waals surface area contributed by atoms with Crippen molar-refractivity contribution in [3.05, 3.63) is 23.8 Å². The quantitative estimate of drug-likeness (QED) is 0.831. The van der Waals surface area contributed by atoms with Gasteiger partial charge in [0.2, 0.25) is 11.8 Å². The van der Waals surface area contributed by atoms with Crippen molar-refractivity contribution in [3.8, 4) is 11.5 Å². The van der Waals surface area contributed by atoms with Gasteiger partial charge in [0.05, 0.1) is 20.3 Å². The highest BCUT2D eigenvalue weighted by atomic mass is 16.5. The molecule has 7 heteroatoms. The third-order valence-corrected chi connectivity index (χ3v) is 4.51. The lowest BCUT2D eigenvalue weighted by Crippen LogP contribution is -2.49. The van der Waals surface area contributed by atoms with E-state index in [-0.39, 0.29) is 17.9 Å². The molecule has 1 aromatic rings. The normalized spacial score (nSPS) is 17.9. The van der Waals surface area contributed by atoms with Gasteiger partial charge in [-0.1, -0.05) is 6.07 Å². The van der Waals surface area contributed by atoms with Crippen molar-refractivity contribution in [2.75, 3.05) is 47.4 Å². The molecule has 7 nitrogen and oxygen atoms in total. The maximum Gasteiger partial charge on any atom is 0.224 e. The molecule has 138 valence electrons. The molecule has 2 rings (SSSR count). The van der Waals surface area contributed by atoms with Gasteiger partial charge in [0.25, 0.3) is 0 Å². The van der Waals surface area contributed by atoms with E-state index >= 15 is 0 Å². The third kappa shape index (κ3) is 4.85. The fourth-order valence-electron chi connectivity index (χ4n) is 3.02. The molecule has 1 fully saturated rings. The van der Waals surface area contributed by atoms with Crippen molar-refractivity contribution in [2.24, 2.45) is 0 Å². The summed E-state index contributed by atoms with van der Waals surface area (Å²) in [5, 5.41) is 2.67. The van der Waals surface area contributed by atoms with E-state index in [1.165, 1.54) is 6.92 Å². The summed E-state index contributed by atoms with van der Waals surface area (Å²) in [7, 11) is 5.28. The van der Waals surface area contributed by atoms with Gasteiger partial charge in [-0.3, -0.25) is 14.5 Å². The van der Waals surface area contributed by atoms with Crippen molar-refractivity contribution in [1.82, 2.24) is 15.1 Å². The summed E-state index contributed by atoms with van der Waals surface area (Å²) in [6.45, 7) is 3.93. The average molecular weight is 349 g/mol. The standard InChI is InChI=1S/C18H27N3O4/c1-13(22)19-8-7-18(23)21-10-9-20(2)15(12-21)14-5-6-16(24-3)17(11-14)25-4/h5-6,11,15H,7-10,12H2,1-4H3,(H,19,22). The van der Waals surface area contributed by atoms with Crippen LogP contribution in [-0.2, 0) is 9.59 Å². The van der Waals surface area contributed by atoms with E-state index in [1.54, 1.807) is 14.2 Å². The summed E-state index contributed by atoms with van der Waals surface area (Å²) < 4.78 is 10.7. The lowest BCUT2D eigenvalue weighted by atomic mass is 10.0. The highest BCUT2D eigenvalue weighted by Crippen LogP contribution is 2.33. The number of hydrogen-bond donors (Lipinski definition) is 1. The van der Waals surface area contributed by atoms with Crippen LogP contribution in [0.5, 0.6) is 11.5 Å². The Balaban J connectivity index is 2.07. The summed E-state index contributed by atoms with van der Waals surface area (Å²) in [6, 6.07) is 5.96. The maximum absolute atomic E-state index is 12.4. The first-order chi connectivity index (χ1) is 12.0. The van der Waals surface area contributed by atoms with Gasteiger partial charge in [-0.05, 0) is 24.7 Å². The molecule has 0 bridgehead atoms. The first kappa shape index (κ1) is 19.1. The van der Waals surface area contributed by atoms with E-state index in [0.29, 0.717) is 37.6 Å². The molecule has 0 aromatic heterocycles. The van der Waals surface area contributed by atoms with Crippen LogP contribution in [0.4, 0.5) is 0 Å². The minimum absolute atomic E-state index is 0.0623. The van der Waals surface area contributed by atoms with E-state index < -0.39 is 0 Å². The zero-order valence-corrected chi connectivity index (χ0v) is 15.4. The molecule has 1 aromatic carbocycles. The molecular formula is C18H27N3O4. The second-order valence-corrected chi connectivity index (χ2v) is 6.18. The molecule has 1 saturated heterocycles. The Bertz CT molecular complexity index is 620. The molecule has 0 aliphatic carbocycles. The highest BCUT2D eigenvalue weighted by Gasteiger charge is 2.28. The second kappa shape index (κ2) is 8.71. The second-order valence-electron chi connectivity index (χ2n) is 6.18. The number of rotatable bonds is 6. The SMILES string of the molecule is COc1ccc(C2CN(C(=O)CCNC(C)=O)CCN2C)cc1OC. The molecule has 0 spiro atoms. The molecule has 1 heterocycles. The van der Waals surface area contributed by atoms with Gasteiger partial charge in [-0.2, -0.15) is 0 Å². The first-order valence-corrected chi connectivity index (χ1v) is 8.40. The number of amides is 2. The van der Waals surface area contributed by atoms with Crippen LogP contribution in [0, 0.1) is 0 Å². The number of piperazine rings is 1.